The molecule has 0 bridgehead atoms. The summed E-state index contributed by atoms with van der Waals surface area (Å²) < 4.78 is 4.93. The van der Waals surface area contributed by atoms with E-state index in [9.17, 15) is 14.4 Å². The fourth-order valence-corrected chi connectivity index (χ4v) is 2.81. The van der Waals surface area contributed by atoms with Gasteiger partial charge in [-0.3, -0.25) is 14.4 Å². The predicted octanol–water partition coefficient (Wildman–Crippen LogP) is -0.248. The SMILES string of the molecule is COCc1nnc(NC(=O)CCCC(=O)N2CCNC(=O)C2)s1. The number of amides is 3. The van der Waals surface area contributed by atoms with Crippen LogP contribution in [0.4, 0.5) is 5.13 Å². The molecule has 126 valence electrons. The molecule has 3 amide bonds. The zero-order valence-corrected chi connectivity index (χ0v) is 13.6. The van der Waals surface area contributed by atoms with Crippen LogP contribution < -0.4 is 10.6 Å². The summed E-state index contributed by atoms with van der Waals surface area (Å²) in [5.74, 6) is -0.467. The summed E-state index contributed by atoms with van der Waals surface area (Å²) in [5.41, 5.74) is 0. The van der Waals surface area contributed by atoms with E-state index < -0.39 is 0 Å². The molecule has 0 unspecified atom stereocenters. The summed E-state index contributed by atoms with van der Waals surface area (Å²) in [7, 11) is 1.56. The Labute approximate surface area is 137 Å². The molecule has 0 saturated carbocycles. The number of nitrogens with zero attached hydrogens (tertiary/aromatic N) is 3. The molecule has 0 atom stereocenters. The lowest BCUT2D eigenvalue weighted by atomic mass is 10.2. The van der Waals surface area contributed by atoms with Crippen molar-refractivity contribution in [3.8, 4) is 0 Å². The number of ether oxygens (including phenoxy) is 1. The van der Waals surface area contributed by atoms with Gasteiger partial charge < -0.3 is 20.3 Å². The van der Waals surface area contributed by atoms with Crippen molar-refractivity contribution in [3.63, 3.8) is 0 Å². The third kappa shape index (κ3) is 5.57. The van der Waals surface area contributed by atoms with Gasteiger partial charge in [0.25, 0.3) is 0 Å². The lowest BCUT2D eigenvalue weighted by Gasteiger charge is -2.26. The molecule has 2 rings (SSSR count). The van der Waals surface area contributed by atoms with E-state index in [4.69, 9.17) is 4.74 Å². The van der Waals surface area contributed by atoms with E-state index in [0.717, 1.165) is 0 Å². The Kier molecular flexibility index (Phi) is 6.41. The molecule has 23 heavy (non-hydrogen) atoms. The maximum absolute atomic E-state index is 11.9. The van der Waals surface area contributed by atoms with Crippen LogP contribution in [-0.2, 0) is 25.7 Å². The van der Waals surface area contributed by atoms with Crippen molar-refractivity contribution < 1.29 is 19.1 Å². The zero-order chi connectivity index (χ0) is 16.7. The smallest absolute Gasteiger partial charge is 0.239 e. The van der Waals surface area contributed by atoms with Crippen molar-refractivity contribution >= 4 is 34.2 Å². The third-order valence-corrected chi connectivity index (χ3v) is 3.98. The van der Waals surface area contributed by atoms with Crippen LogP contribution in [0.25, 0.3) is 0 Å². The molecule has 1 aromatic rings. The topological polar surface area (TPSA) is 114 Å². The van der Waals surface area contributed by atoms with Crippen molar-refractivity contribution in [1.82, 2.24) is 20.4 Å². The van der Waals surface area contributed by atoms with Gasteiger partial charge in [-0.25, -0.2) is 0 Å². The van der Waals surface area contributed by atoms with Crippen LogP contribution in [0.2, 0.25) is 0 Å². The molecule has 1 saturated heterocycles. The molecule has 9 nitrogen and oxygen atoms in total. The van der Waals surface area contributed by atoms with Gasteiger partial charge in [0.05, 0.1) is 6.54 Å². The highest BCUT2D eigenvalue weighted by atomic mass is 32.1. The quantitative estimate of drug-likeness (QED) is 0.707. The van der Waals surface area contributed by atoms with Crippen molar-refractivity contribution in [2.24, 2.45) is 0 Å². The molecule has 0 radical (unpaired) electrons. The summed E-state index contributed by atoms with van der Waals surface area (Å²) in [6.45, 7) is 1.44. The molecule has 0 aliphatic carbocycles. The first kappa shape index (κ1) is 17.3. The van der Waals surface area contributed by atoms with Crippen LogP contribution >= 0.6 is 11.3 Å². The second-order valence-corrected chi connectivity index (χ2v) is 6.06. The van der Waals surface area contributed by atoms with E-state index >= 15 is 0 Å². The van der Waals surface area contributed by atoms with Gasteiger partial charge in [-0.1, -0.05) is 11.3 Å². The Hall–Kier alpha value is -2.07. The van der Waals surface area contributed by atoms with E-state index in [1.54, 1.807) is 7.11 Å². The second-order valence-electron chi connectivity index (χ2n) is 5.00. The van der Waals surface area contributed by atoms with Crippen molar-refractivity contribution in [2.45, 2.75) is 25.9 Å². The van der Waals surface area contributed by atoms with E-state index in [-0.39, 0.29) is 37.1 Å². The fraction of sp³-hybridized carbons (Fsp3) is 0.615. The van der Waals surface area contributed by atoms with E-state index in [0.29, 0.717) is 36.3 Å². The summed E-state index contributed by atoms with van der Waals surface area (Å²) in [6, 6.07) is 0. The first-order valence-electron chi connectivity index (χ1n) is 7.24. The average Bonchev–Trinajstić information content (AvgIpc) is 2.94. The van der Waals surface area contributed by atoms with E-state index in [1.807, 2.05) is 0 Å². The van der Waals surface area contributed by atoms with E-state index in [2.05, 4.69) is 20.8 Å². The van der Waals surface area contributed by atoms with Crippen LogP contribution in [0.3, 0.4) is 0 Å². The first-order chi connectivity index (χ1) is 11.1. The molecule has 2 N–H and O–H groups in total. The van der Waals surface area contributed by atoms with Crippen LogP contribution in [0.1, 0.15) is 24.3 Å². The molecule has 10 heteroatoms. The number of rotatable bonds is 7. The maximum Gasteiger partial charge on any atom is 0.239 e. The number of piperazine rings is 1. The lowest BCUT2D eigenvalue weighted by Crippen LogP contribution is -2.49. The Bertz CT molecular complexity index is 576. The molecule has 1 aromatic heterocycles. The monoisotopic (exact) mass is 341 g/mol. The van der Waals surface area contributed by atoms with Crippen LogP contribution in [0.15, 0.2) is 0 Å². The summed E-state index contributed by atoms with van der Waals surface area (Å²) in [4.78, 5) is 36.5. The standard InChI is InChI=1S/C13H19N5O4S/c1-22-8-11-16-17-13(23-11)15-9(19)3-2-4-12(21)18-6-5-14-10(20)7-18/h2-8H2,1H3,(H,14,20)(H,15,17,19). The van der Waals surface area contributed by atoms with Gasteiger partial charge in [-0.2, -0.15) is 0 Å². The van der Waals surface area contributed by atoms with Gasteiger partial charge in [0.2, 0.25) is 22.9 Å². The van der Waals surface area contributed by atoms with Gasteiger partial charge in [-0.05, 0) is 6.42 Å². The minimum absolute atomic E-state index is 0.0953. The highest BCUT2D eigenvalue weighted by Gasteiger charge is 2.20. The molecular weight excluding hydrogens is 322 g/mol. The van der Waals surface area contributed by atoms with Gasteiger partial charge in [0.1, 0.15) is 11.6 Å². The number of nitrogens with one attached hydrogen (secondary N) is 2. The van der Waals surface area contributed by atoms with Gasteiger partial charge in [-0.15, -0.1) is 10.2 Å². The van der Waals surface area contributed by atoms with Crippen LogP contribution in [-0.4, -0.2) is 59.6 Å². The Morgan fingerprint density at radius 1 is 1.39 bits per heavy atom. The molecular formula is C13H19N5O4S. The number of hydrogen-bond acceptors (Lipinski definition) is 7. The highest BCUT2D eigenvalue weighted by molar-refractivity contribution is 7.15. The molecule has 1 aliphatic heterocycles. The summed E-state index contributed by atoms with van der Waals surface area (Å²) in [6.07, 6.45) is 0.878. The Morgan fingerprint density at radius 3 is 2.96 bits per heavy atom. The maximum atomic E-state index is 11.9. The number of carbonyl (C=O) groups excluding carboxylic acids is 3. The number of aromatic nitrogens is 2. The van der Waals surface area contributed by atoms with Crippen molar-refractivity contribution in [3.05, 3.63) is 5.01 Å². The predicted molar refractivity (Wildman–Crippen MR) is 82.7 cm³/mol. The average molecular weight is 341 g/mol. The summed E-state index contributed by atoms with van der Waals surface area (Å²) >= 11 is 1.25. The largest absolute Gasteiger partial charge is 0.377 e. The van der Waals surface area contributed by atoms with Gasteiger partial charge in [0, 0.05) is 33.0 Å². The van der Waals surface area contributed by atoms with Crippen molar-refractivity contribution in [1.29, 1.82) is 0 Å². The molecule has 2 heterocycles. The number of hydrogen-bond donors (Lipinski definition) is 2. The second kappa shape index (κ2) is 8.53. The van der Waals surface area contributed by atoms with Crippen LogP contribution in [0, 0.1) is 0 Å². The number of anilines is 1. The Morgan fingerprint density at radius 2 is 2.22 bits per heavy atom. The van der Waals surface area contributed by atoms with Gasteiger partial charge >= 0.3 is 0 Å². The number of carbonyl (C=O) groups is 3. The normalized spacial score (nSPS) is 14.5. The molecule has 1 aliphatic rings. The molecule has 0 spiro atoms. The highest BCUT2D eigenvalue weighted by Crippen LogP contribution is 2.16. The minimum Gasteiger partial charge on any atom is -0.377 e. The molecule has 1 fully saturated rings. The molecule has 0 aromatic carbocycles. The first-order valence-corrected chi connectivity index (χ1v) is 8.06. The Balaban J connectivity index is 1.67. The van der Waals surface area contributed by atoms with Crippen LogP contribution in [0.5, 0.6) is 0 Å². The number of methoxy groups -OCH3 is 1. The van der Waals surface area contributed by atoms with Crippen molar-refractivity contribution in [2.75, 3.05) is 32.1 Å². The minimum atomic E-state index is -0.214. The van der Waals surface area contributed by atoms with Gasteiger partial charge in [0.15, 0.2) is 0 Å². The zero-order valence-electron chi connectivity index (χ0n) is 12.8. The summed E-state index contributed by atoms with van der Waals surface area (Å²) in [5, 5.41) is 14.1. The third-order valence-electron chi connectivity index (χ3n) is 3.17. The lowest BCUT2D eigenvalue weighted by molar-refractivity contribution is -0.138. The van der Waals surface area contributed by atoms with E-state index in [1.165, 1.54) is 16.2 Å². The fourth-order valence-electron chi connectivity index (χ4n) is 2.08.